The van der Waals surface area contributed by atoms with Gasteiger partial charge in [0.15, 0.2) is 30.0 Å². The van der Waals surface area contributed by atoms with Crippen molar-refractivity contribution >= 4 is 23.2 Å². The van der Waals surface area contributed by atoms with Crippen molar-refractivity contribution in [3.05, 3.63) is 58.9 Å². The van der Waals surface area contributed by atoms with E-state index in [4.69, 9.17) is 0 Å². The molecule has 2 aromatic carbocycles. The highest BCUT2D eigenvalue weighted by atomic mass is 19.2. The van der Waals surface area contributed by atoms with Crippen LogP contribution in [-0.2, 0) is 9.59 Å². The molecule has 2 atom stereocenters. The predicted molar refractivity (Wildman–Crippen MR) is 110 cm³/mol. The first-order chi connectivity index (χ1) is 14.0. The van der Waals surface area contributed by atoms with Gasteiger partial charge in [-0.25, -0.2) is 13.2 Å². The van der Waals surface area contributed by atoms with E-state index in [1.165, 1.54) is 0 Å². The van der Waals surface area contributed by atoms with E-state index in [0.29, 0.717) is 4.90 Å². The van der Waals surface area contributed by atoms with Crippen molar-refractivity contribution in [2.45, 2.75) is 39.7 Å². The molecule has 0 aromatic heterocycles. The van der Waals surface area contributed by atoms with Gasteiger partial charge in [0.05, 0.1) is 12.7 Å². The monoisotopic (exact) mass is 422 g/mol. The lowest BCUT2D eigenvalue weighted by Crippen LogP contribution is -3.14. The molecule has 0 saturated carbocycles. The zero-order valence-electron chi connectivity index (χ0n) is 17.7. The Bertz CT molecular complexity index is 947. The third kappa shape index (κ3) is 5.38. The lowest BCUT2D eigenvalue weighted by atomic mass is 9.98. The Morgan fingerprint density at radius 2 is 1.67 bits per heavy atom. The largest absolute Gasteiger partial charge is 0.320 e. The lowest BCUT2D eigenvalue weighted by Gasteiger charge is -2.23. The third-order valence-electron chi connectivity index (χ3n) is 5.06. The summed E-state index contributed by atoms with van der Waals surface area (Å²) in [6.45, 7) is 7.48. The Labute approximate surface area is 174 Å². The van der Waals surface area contributed by atoms with Gasteiger partial charge in [-0.05, 0) is 43.0 Å². The number of quaternary nitrogens is 1. The van der Waals surface area contributed by atoms with Crippen molar-refractivity contribution in [1.82, 2.24) is 0 Å². The number of carbonyl (C=O) groups excluding carboxylic acids is 2. The van der Waals surface area contributed by atoms with Gasteiger partial charge in [0.2, 0.25) is 0 Å². The van der Waals surface area contributed by atoms with Gasteiger partial charge in [-0.2, -0.15) is 0 Å². The number of anilines is 2. The first-order valence-electron chi connectivity index (χ1n) is 9.69. The van der Waals surface area contributed by atoms with E-state index in [1.807, 2.05) is 39.0 Å². The van der Waals surface area contributed by atoms with Gasteiger partial charge in [-0.15, -0.1) is 0 Å². The summed E-state index contributed by atoms with van der Waals surface area (Å²) in [4.78, 5) is 25.5. The normalized spacial score (nSPS) is 13.1. The van der Waals surface area contributed by atoms with Crippen LogP contribution < -0.4 is 15.5 Å². The average Bonchev–Trinajstić information content (AvgIpc) is 2.68. The molecule has 0 aliphatic carbocycles. The van der Waals surface area contributed by atoms with Crippen molar-refractivity contribution in [2.75, 3.05) is 24.2 Å². The minimum absolute atomic E-state index is 0.169. The summed E-state index contributed by atoms with van der Waals surface area (Å²) in [6.07, 6.45) is 0. The van der Waals surface area contributed by atoms with Crippen LogP contribution in [0, 0.1) is 24.4 Å². The van der Waals surface area contributed by atoms with Gasteiger partial charge < -0.3 is 15.5 Å². The second-order valence-corrected chi connectivity index (χ2v) is 7.70. The number of para-hydroxylation sites is 1. The van der Waals surface area contributed by atoms with Gasteiger partial charge >= 0.3 is 0 Å². The zero-order chi connectivity index (χ0) is 22.6. The van der Waals surface area contributed by atoms with Crippen molar-refractivity contribution in [1.29, 1.82) is 0 Å². The molecule has 2 amide bonds. The maximum atomic E-state index is 13.7. The maximum absolute atomic E-state index is 13.7. The fraction of sp³-hybridized carbons (Fsp3) is 0.364. The smallest absolute Gasteiger partial charge is 0.282 e. The van der Waals surface area contributed by atoms with Crippen LogP contribution in [0.2, 0.25) is 0 Å². The first-order valence-corrected chi connectivity index (χ1v) is 9.69. The Hall–Kier alpha value is -2.87. The van der Waals surface area contributed by atoms with Crippen LogP contribution in [0.15, 0.2) is 30.3 Å². The molecule has 0 bridgehead atoms. The Kier molecular flexibility index (Phi) is 7.61. The summed E-state index contributed by atoms with van der Waals surface area (Å²) in [6, 6.07) is 6.89. The van der Waals surface area contributed by atoms with Crippen molar-refractivity contribution < 1.29 is 27.7 Å². The van der Waals surface area contributed by atoms with E-state index in [1.54, 1.807) is 14.0 Å². The van der Waals surface area contributed by atoms with E-state index >= 15 is 0 Å². The number of nitrogens with one attached hydrogen (secondary N) is 3. The zero-order valence-corrected chi connectivity index (χ0v) is 17.7. The second-order valence-electron chi connectivity index (χ2n) is 7.70. The standard InChI is InChI=1S/C22H26F3N3O2/c1-12(2)15-8-6-7-13(3)21(15)27-22(30)14(4)28(5)11-18(29)26-17-10-9-16(23)19(24)20(17)25/h6-10,12,14H,11H2,1-5H3,(H,26,29)(H,27,30)/p+1/t14-/m1/s1. The third-order valence-corrected chi connectivity index (χ3v) is 5.06. The molecule has 1 unspecified atom stereocenters. The average molecular weight is 422 g/mol. The highest BCUT2D eigenvalue weighted by Crippen LogP contribution is 2.27. The molecule has 0 aliphatic heterocycles. The molecule has 162 valence electrons. The maximum Gasteiger partial charge on any atom is 0.282 e. The van der Waals surface area contributed by atoms with Crippen LogP contribution in [0.1, 0.15) is 37.8 Å². The molecule has 2 aromatic rings. The Balaban J connectivity index is 2.04. The highest BCUT2D eigenvalue weighted by Gasteiger charge is 2.26. The highest BCUT2D eigenvalue weighted by molar-refractivity contribution is 5.96. The Morgan fingerprint density at radius 3 is 2.30 bits per heavy atom. The molecule has 0 fully saturated rings. The van der Waals surface area contributed by atoms with Crippen LogP contribution in [0.3, 0.4) is 0 Å². The Morgan fingerprint density at radius 1 is 1.00 bits per heavy atom. The van der Waals surface area contributed by atoms with Gasteiger partial charge in [0.25, 0.3) is 11.8 Å². The second kappa shape index (κ2) is 9.75. The summed E-state index contributed by atoms with van der Waals surface area (Å²) in [5, 5.41) is 5.16. The summed E-state index contributed by atoms with van der Waals surface area (Å²) >= 11 is 0. The topological polar surface area (TPSA) is 62.6 Å². The number of likely N-dealkylation sites (N-methyl/N-ethyl adjacent to an activating group) is 1. The number of hydrogen-bond acceptors (Lipinski definition) is 2. The van der Waals surface area contributed by atoms with E-state index in [2.05, 4.69) is 10.6 Å². The van der Waals surface area contributed by atoms with Gasteiger partial charge in [0, 0.05) is 5.69 Å². The molecule has 0 heterocycles. The van der Waals surface area contributed by atoms with Crippen molar-refractivity contribution in [3.63, 3.8) is 0 Å². The van der Waals surface area contributed by atoms with Crippen LogP contribution >= 0.6 is 0 Å². The first kappa shape index (κ1) is 23.4. The van der Waals surface area contributed by atoms with E-state index in [0.717, 1.165) is 28.9 Å². The van der Waals surface area contributed by atoms with Gasteiger partial charge in [-0.1, -0.05) is 32.0 Å². The molecule has 5 nitrogen and oxygen atoms in total. The summed E-state index contributed by atoms with van der Waals surface area (Å²) in [5.41, 5.74) is 2.25. The van der Waals surface area contributed by atoms with Crippen LogP contribution in [-0.4, -0.2) is 31.4 Å². The minimum atomic E-state index is -1.65. The number of carbonyl (C=O) groups is 2. The van der Waals surface area contributed by atoms with Gasteiger partial charge in [-0.3, -0.25) is 9.59 Å². The number of aryl methyl sites for hydroxylation is 1. The number of amides is 2. The fourth-order valence-electron chi connectivity index (χ4n) is 3.02. The van der Waals surface area contributed by atoms with Gasteiger partial charge in [0.1, 0.15) is 0 Å². The molecule has 3 N–H and O–H groups in total. The van der Waals surface area contributed by atoms with Crippen molar-refractivity contribution in [2.24, 2.45) is 0 Å². The molecule has 0 spiro atoms. The number of hydrogen-bond donors (Lipinski definition) is 3. The number of benzene rings is 2. The van der Waals surface area contributed by atoms with Crippen LogP contribution in [0.5, 0.6) is 0 Å². The van der Waals surface area contributed by atoms with E-state index < -0.39 is 35.1 Å². The molecule has 0 radical (unpaired) electrons. The molecule has 2 rings (SSSR count). The molecule has 0 saturated heterocycles. The molecule has 30 heavy (non-hydrogen) atoms. The van der Waals surface area contributed by atoms with Crippen LogP contribution in [0.25, 0.3) is 0 Å². The summed E-state index contributed by atoms with van der Waals surface area (Å²) in [7, 11) is 1.65. The SMILES string of the molecule is Cc1cccc(C(C)C)c1NC(=O)[C@@H](C)[NH+](C)CC(=O)Nc1ccc(F)c(F)c1F. The molecular formula is C22H27F3N3O2+. The predicted octanol–water partition coefficient (Wildman–Crippen LogP) is 3.02. The summed E-state index contributed by atoms with van der Waals surface area (Å²) in [5.74, 6) is -5.13. The molecule has 8 heteroatoms. The number of rotatable bonds is 7. The van der Waals surface area contributed by atoms with E-state index in [-0.39, 0.29) is 18.4 Å². The fourth-order valence-corrected chi connectivity index (χ4v) is 3.02. The molecule has 0 aliphatic rings. The van der Waals surface area contributed by atoms with Crippen LogP contribution in [0.4, 0.5) is 24.5 Å². The van der Waals surface area contributed by atoms with E-state index in [9.17, 15) is 22.8 Å². The van der Waals surface area contributed by atoms with Crippen molar-refractivity contribution in [3.8, 4) is 0 Å². The number of halogens is 3. The quantitative estimate of drug-likeness (QED) is 0.601. The minimum Gasteiger partial charge on any atom is -0.320 e. The lowest BCUT2D eigenvalue weighted by molar-refractivity contribution is -0.885. The summed E-state index contributed by atoms with van der Waals surface area (Å²) < 4.78 is 40.0. The molecular weight excluding hydrogens is 395 g/mol.